The maximum atomic E-state index is 5.97. The number of nitrogens with two attached hydrogens (primary N) is 1. The lowest BCUT2D eigenvalue weighted by Gasteiger charge is -2.16. The number of nitrogens with zero attached hydrogens (tertiary/aromatic N) is 2. The van der Waals surface area contributed by atoms with Crippen molar-refractivity contribution < 1.29 is 9.47 Å². The molecule has 0 aliphatic heterocycles. The Morgan fingerprint density at radius 2 is 2.00 bits per heavy atom. The first-order chi connectivity index (χ1) is 12.5. The first kappa shape index (κ1) is 23.0. The average molecular weight is 484 g/mol. The molecule has 2 rings (SSSR count). The number of aromatic nitrogens is 1. The van der Waals surface area contributed by atoms with E-state index in [9.17, 15) is 0 Å². The number of hydrogen-bond donors (Lipinski definition) is 2. The first-order valence-electron chi connectivity index (χ1n) is 8.79. The van der Waals surface area contributed by atoms with Crippen LogP contribution in [0.2, 0.25) is 0 Å². The van der Waals surface area contributed by atoms with Crippen LogP contribution in [0.5, 0.6) is 11.6 Å². The molecule has 0 saturated carbocycles. The lowest BCUT2D eigenvalue weighted by Crippen LogP contribution is -2.22. The van der Waals surface area contributed by atoms with Crippen molar-refractivity contribution in [2.24, 2.45) is 16.6 Å². The highest BCUT2D eigenvalue weighted by Gasteiger charge is 2.08. The monoisotopic (exact) mass is 484 g/mol. The Labute approximate surface area is 178 Å². The smallest absolute Gasteiger partial charge is 0.213 e. The van der Waals surface area contributed by atoms with Gasteiger partial charge in [-0.1, -0.05) is 19.9 Å². The van der Waals surface area contributed by atoms with E-state index in [1.807, 2.05) is 36.4 Å². The molecule has 1 aromatic carbocycles. The third kappa shape index (κ3) is 8.47. The molecular formula is C20H29IN4O2. The summed E-state index contributed by atoms with van der Waals surface area (Å²) in [6, 6.07) is 11.3. The number of halogens is 1. The number of methoxy groups -OCH3 is 1. The van der Waals surface area contributed by atoms with Crippen LogP contribution >= 0.6 is 24.0 Å². The third-order valence-electron chi connectivity index (χ3n) is 3.70. The molecule has 148 valence electrons. The largest absolute Gasteiger partial charge is 0.497 e. The van der Waals surface area contributed by atoms with E-state index in [0.29, 0.717) is 24.3 Å². The summed E-state index contributed by atoms with van der Waals surface area (Å²) in [5, 5.41) is 3.06. The Balaban J connectivity index is 0.00000364. The van der Waals surface area contributed by atoms with Gasteiger partial charge in [-0.3, -0.25) is 0 Å². The molecule has 0 amide bonds. The van der Waals surface area contributed by atoms with E-state index in [1.165, 1.54) is 0 Å². The summed E-state index contributed by atoms with van der Waals surface area (Å²) in [7, 11) is 1.63. The second-order valence-corrected chi connectivity index (χ2v) is 6.62. The maximum Gasteiger partial charge on any atom is 0.213 e. The Bertz CT molecular complexity index is 737. The molecule has 27 heavy (non-hydrogen) atoms. The van der Waals surface area contributed by atoms with Crippen LogP contribution in [0.3, 0.4) is 0 Å². The van der Waals surface area contributed by atoms with E-state index in [-0.39, 0.29) is 30.1 Å². The summed E-state index contributed by atoms with van der Waals surface area (Å²) < 4.78 is 11.1. The fourth-order valence-corrected chi connectivity index (χ4v) is 2.60. The summed E-state index contributed by atoms with van der Waals surface area (Å²) in [4.78, 5) is 8.64. The standard InChI is InChI=1S/C20H28N4O2.HI/c1-14(2)10-15(3)26-19-11-16(8-9-22-19)13-23-20(21)24-17-6-5-7-18(12-17)25-4;/h5-9,11-12,14-15H,10,13H2,1-4H3,(H3,21,23,24);1H. The van der Waals surface area contributed by atoms with Gasteiger partial charge in [0.05, 0.1) is 19.8 Å². The number of pyridine rings is 1. The molecular weight excluding hydrogens is 455 g/mol. The van der Waals surface area contributed by atoms with Crippen molar-refractivity contribution in [1.82, 2.24) is 4.98 Å². The number of nitrogens with one attached hydrogen (secondary N) is 1. The van der Waals surface area contributed by atoms with Gasteiger partial charge >= 0.3 is 0 Å². The van der Waals surface area contributed by atoms with Crippen LogP contribution < -0.4 is 20.5 Å². The lowest BCUT2D eigenvalue weighted by atomic mass is 10.1. The number of anilines is 1. The predicted molar refractivity (Wildman–Crippen MR) is 121 cm³/mol. The number of aliphatic imine (C=N–C) groups is 1. The SMILES string of the molecule is COc1cccc(NC(N)=NCc2ccnc(OC(C)CC(C)C)c2)c1.I. The van der Waals surface area contributed by atoms with Crippen molar-refractivity contribution in [2.75, 3.05) is 12.4 Å². The van der Waals surface area contributed by atoms with Gasteiger partial charge < -0.3 is 20.5 Å². The van der Waals surface area contributed by atoms with Crippen molar-refractivity contribution in [3.63, 3.8) is 0 Å². The van der Waals surface area contributed by atoms with Gasteiger partial charge in [-0.05, 0) is 43.0 Å². The molecule has 0 aliphatic rings. The molecule has 0 bridgehead atoms. The molecule has 1 unspecified atom stereocenters. The van der Waals surface area contributed by atoms with Crippen LogP contribution in [0, 0.1) is 5.92 Å². The van der Waals surface area contributed by atoms with Crippen molar-refractivity contribution in [2.45, 2.75) is 39.8 Å². The van der Waals surface area contributed by atoms with E-state index >= 15 is 0 Å². The Morgan fingerprint density at radius 3 is 2.70 bits per heavy atom. The van der Waals surface area contributed by atoms with E-state index in [2.05, 4.69) is 36.1 Å². The van der Waals surface area contributed by atoms with Gasteiger partial charge in [0.15, 0.2) is 5.96 Å². The number of guanidine groups is 1. The molecule has 0 radical (unpaired) electrons. The molecule has 0 spiro atoms. The van der Waals surface area contributed by atoms with Gasteiger partial charge in [0.25, 0.3) is 0 Å². The Kier molecular flexibility index (Phi) is 9.92. The number of rotatable bonds is 8. The molecule has 0 saturated heterocycles. The third-order valence-corrected chi connectivity index (χ3v) is 3.70. The Hall–Kier alpha value is -2.03. The maximum absolute atomic E-state index is 5.97. The summed E-state index contributed by atoms with van der Waals surface area (Å²) >= 11 is 0. The highest BCUT2D eigenvalue weighted by atomic mass is 127. The number of benzene rings is 1. The summed E-state index contributed by atoms with van der Waals surface area (Å²) in [5.74, 6) is 2.30. The lowest BCUT2D eigenvalue weighted by molar-refractivity contribution is 0.185. The van der Waals surface area contributed by atoms with Gasteiger partial charge in [-0.2, -0.15) is 0 Å². The Morgan fingerprint density at radius 1 is 1.22 bits per heavy atom. The predicted octanol–water partition coefficient (Wildman–Crippen LogP) is 4.45. The van der Waals surface area contributed by atoms with Crippen LogP contribution in [0.15, 0.2) is 47.6 Å². The van der Waals surface area contributed by atoms with Crippen molar-refractivity contribution >= 4 is 35.6 Å². The molecule has 3 N–H and O–H groups in total. The molecule has 1 atom stereocenters. The van der Waals surface area contributed by atoms with Crippen molar-refractivity contribution in [3.8, 4) is 11.6 Å². The number of hydrogen-bond acceptors (Lipinski definition) is 4. The molecule has 2 aromatic rings. The minimum Gasteiger partial charge on any atom is -0.497 e. The van der Waals surface area contributed by atoms with Crippen LogP contribution in [0.4, 0.5) is 5.69 Å². The number of ether oxygens (including phenoxy) is 2. The highest BCUT2D eigenvalue weighted by molar-refractivity contribution is 14.0. The van der Waals surface area contributed by atoms with E-state index in [1.54, 1.807) is 13.3 Å². The van der Waals surface area contributed by atoms with Gasteiger partial charge in [0.2, 0.25) is 5.88 Å². The molecule has 1 aromatic heterocycles. The fourth-order valence-electron chi connectivity index (χ4n) is 2.60. The summed E-state index contributed by atoms with van der Waals surface area (Å²) in [5.41, 5.74) is 7.78. The van der Waals surface area contributed by atoms with Gasteiger partial charge in [0, 0.05) is 24.0 Å². The quantitative estimate of drug-likeness (QED) is 0.329. The molecule has 7 heteroatoms. The molecule has 6 nitrogen and oxygen atoms in total. The van der Waals surface area contributed by atoms with Crippen LogP contribution in [0.1, 0.15) is 32.8 Å². The zero-order valence-electron chi connectivity index (χ0n) is 16.3. The molecule has 0 aliphatic carbocycles. The van der Waals surface area contributed by atoms with E-state index < -0.39 is 0 Å². The van der Waals surface area contributed by atoms with E-state index in [4.69, 9.17) is 15.2 Å². The normalized spacial score (nSPS) is 12.3. The van der Waals surface area contributed by atoms with E-state index in [0.717, 1.165) is 23.4 Å². The summed E-state index contributed by atoms with van der Waals surface area (Å²) in [6.07, 6.45) is 2.84. The summed E-state index contributed by atoms with van der Waals surface area (Å²) in [6.45, 7) is 6.86. The van der Waals surface area contributed by atoms with Gasteiger partial charge in [-0.25, -0.2) is 9.98 Å². The van der Waals surface area contributed by atoms with Crippen LogP contribution in [-0.2, 0) is 6.54 Å². The van der Waals surface area contributed by atoms with Crippen molar-refractivity contribution in [1.29, 1.82) is 0 Å². The topological polar surface area (TPSA) is 81.8 Å². The van der Waals surface area contributed by atoms with Crippen LogP contribution in [0.25, 0.3) is 0 Å². The molecule has 1 heterocycles. The second kappa shape index (κ2) is 11.6. The minimum absolute atomic E-state index is 0. The van der Waals surface area contributed by atoms with Gasteiger partial charge in [-0.15, -0.1) is 24.0 Å². The zero-order chi connectivity index (χ0) is 18.9. The molecule has 0 fully saturated rings. The fraction of sp³-hybridized carbons (Fsp3) is 0.400. The average Bonchev–Trinajstić information content (AvgIpc) is 2.59. The second-order valence-electron chi connectivity index (χ2n) is 6.62. The zero-order valence-corrected chi connectivity index (χ0v) is 18.6. The van der Waals surface area contributed by atoms with Crippen molar-refractivity contribution in [3.05, 3.63) is 48.2 Å². The van der Waals surface area contributed by atoms with Gasteiger partial charge in [0.1, 0.15) is 5.75 Å². The highest BCUT2D eigenvalue weighted by Crippen LogP contribution is 2.17. The first-order valence-corrected chi connectivity index (χ1v) is 8.79. The minimum atomic E-state index is 0. The van der Waals surface area contributed by atoms with Crippen LogP contribution in [-0.4, -0.2) is 24.2 Å².